The number of phenolic OH excluding ortho intramolecular Hbond substituents is 1. The highest BCUT2D eigenvalue weighted by Gasteiger charge is 2.09. The van der Waals surface area contributed by atoms with Crippen LogP contribution in [0.3, 0.4) is 0 Å². The smallest absolute Gasteiger partial charge is 0.251 e. The third kappa shape index (κ3) is 15.7. The lowest BCUT2D eigenvalue weighted by molar-refractivity contribution is -0.0980. The van der Waals surface area contributed by atoms with Crippen LogP contribution in [0.4, 0.5) is 5.82 Å². The van der Waals surface area contributed by atoms with Gasteiger partial charge in [0.05, 0.1) is 18.8 Å². The second-order valence-electron chi connectivity index (χ2n) is 9.35. The van der Waals surface area contributed by atoms with E-state index in [1.807, 2.05) is 33.8 Å². The minimum atomic E-state index is -0.225. The minimum absolute atomic E-state index is 0.165. The molecule has 1 amide bonds. The first-order valence-corrected chi connectivity index (χ1v) is 14.3. The average molecular weight is 582 g/mol. The van der Waals surface area contributed by atoms with Crippen LogP contribution in [-0.4, -0.2) is 61.6 Å². The number of hydrogen-bond acceptors (Lipinski definition) is 9. The van der Waals surface area contributed by atoms with Gasteiger partial charge in [-0.15, -0.1) is 0 Å². The van der Waals surface area contributed by atoms with Gasteiger partial charge in [-0.1, -0.05) is 44.6 Å². The van der Waals surface area contributed by atoms with Crippen molar-refractivity contribution >= 4 is 18.5 Å². The molecule has 0 bridgehead atoms. The van der Waals surface area contributed by atoms with Crippen LogP contribution in [0.15, 0.2) is 54.6 Å². The SMILES string of the molecule is C1CCCCC1.C=O.CCNc1cc(CNC(=O)c2cccc(Oc3ccc(O)cc3)c2)nc(C)n1.CNCCOC. The molecule has 1 saturated carbocycles. The second-order valence-corrected chi connectivity index (χ2v) is 9.35. The number of nitrogens with zero attached hydrogens (tertiary/aromatic N) is 2. The highest BCUT2D eigenvalue weighted by Crippen LogP contribution is 2.24. The highest BCUT2D eigenvalue weighted by atomic mass is 16.5. The number of nitrogens with one attached hydrogen (secondary N) is 3. The van der Waals surface area contributed by atoms with Crippen molar-refractivity contribution in [2.75, 3.05) is 39.2 Å². The summed E-state index contributed by atoms with van der Waals surface area (Å²) in [6, 6.07) is 15.1. The summed E-state index contributed by atoms with van der Waals surface area (Å²) in [5, 5.41) is 18.3. The fraction of sp³-hybridized carbons (Fsp3) is 0.438. The van der Waals surface area contributed by atoms with Gasteiger partial charge in [0.2, 0.25) is 0 Å². The van der Waals surface area contributed by atoms with Crippen LogP contribution >= 0.6 is 0 Å². The fourth-order valence-corrected chi connectivity index (χ4v) is 3.88. The molecule has 1 heterocycles. The molecule has 0 spiro atoms. The number of aryl methyl sites for hydroxylation is 1. The van der Waals surface area contributed by atoms with E-state index in [1.165, 1.54) is 50.7 Å². The quantitative estimate of drug-likeness (QED) is 0.224. The summed E-state index contributed by atoms with van der Waals surface area (Å²) in [6.45, 7) is 8.61. The molecule has 4 rings (SSSR count). The topological polar surface area (TPSA) is 135 Å². The first-order chi connectivity index (χ1) is 20.4. The van der Waals surface area contributed by atoms with E-state index in [4.69, 9.17) is 14.3 Å². The Balaban J connectivity index is 0.000000519. The van der Waals surface area contributed by atoms with E-state index >= 15 is 0 Å². The minimum Gasteiger partial charge on any atom is -0.508 e. The number of ether oxygens (including phenoxy) is 2. The molecule has 3 aromatic rings. The summed E-state index contributed by atoms with van der Waals surface area (Å²) in [4.78, 5) is 29.2. The number of aromatic nitrogens is 2. The van der Waals surface area contributed by atoms with Gasteiger partial charge in [0, 0.05) is 31.8 Å². The van der Waals surface area contributed by atoms with Crippen LogP contribution in [0.25, 0.3) is 0 Å². The van der Waals surface area contributed by atoms with Crippen LogP contribution in [0.1, 0.15) is 67.3 Å². The zero-order valence-electron chi connectivity index (χ0n) is 25.4. The van der Waals surface area contributed by atoms with Gasteiger partial charge in [-0.25, -0.2) is 9.97 Å². The van der Waals surface area contributed by atoms with Crippen molar-refractivity contribution < 1.29 is 24.2 Å². The number of carbonyl (C=O) groups excluding carboxylic acids is 2. The third-order valence-corrected chi connectivity index (χ3v) is 5.90. The van der Waals surface area contributed by atoms with Crippen molar-refractivity contribution in [1.29, 1.82) is 0 Å². The maximum absolute atomic E-state index is 12.5. The molecule has 0 unspecified atom stereocenters. The Bertz CT molecular complexity index is 1120. The summed E-state index contributed by atoms with van der Waals surface area (Å²) >= 11 is 0. The van der Waals surface area contributed by atoms with E-state index in [0.717, 1.165) is 31.2 Å². The number of aromatic hydroxyl groups is 1. The number of anilines is 1. The number of methoxy groups -OCH3 is 1. The maximum atomic E-state index is 12.5. The molecule has 10 nitrogen and oxygen atoms in total. The molecule has 1 aromatic heterocycles. The number of carbonyl (C=O) groups is 2. The van der Waals surface area contributed by atoms with Gasteiger partial charge in [0.15, 0.2) is 0 Å². The Labute approximate surface area is 250 Å². The number of rotatable bonds is 10. The molecule has 230 valence electrons. The van der Waals surface area contributed by atoms with Crippen LogP contribution in [0, 0.1) is 6.92 Å². The number of phenols is 1. The van der Waals surface area contributed by atoms with Gasteiger partial charge in [-0.2, -0.15) is 0 Å². The molecular weight excluding hydrogens is 534 g/mol. The van der Waals surface area contributed by atoms with Crippen molar-refractivity contribution in [1.82, 2.24) is 20.6 Å². The molecule has 0 atom stereocenters. The van der Waals surface area contributed by atoms with Gasteiger partial charge in [0.25, 0.3) is 5.91 Å². The summed E-state index contributed by atoms with van der Waals surface area (Å²) in [5.41, 5.74) is 1.21. The zero-order chi connectivity index (χ0) is 31.0. The standard InChI is InChI=1S/C21H22N4O3.C6H12.C4H11NO.CH2O/c1-3-22-20-12-16(24-14(2)25-20)13-23-21(27)15-5-4-6-19(11-15)28-18-9-7-17(26)8-10-18;1-2-4-6-5-3-1;1-5-3-4-6-2;1-2/h4-12,26H,3,13H2,1-2H3,(H,23,27)(H,22,24,25);1-6H2;5H,3-4H2,1-2H3;1H2. The maximum Gasteiger partial charge on any atom is 0.251 e. The van der Waals surface area contributed by atoms with Crippen LogP contribution in [0.5, 0.6) is 17.2 Å². The first kappa shape index (κ1) is 36.0. The van der Waals surface area contributed by atoms with Crippen molar-refractivity contribution in [3.05, 3.63) is 71.7 Å². The van der Waals surface area contributed by atoms with E-state index in [9.17, 15) is 9.90 Å². The van der Waals surface area contributed by atoms with Crippen molar-refractivity contribution in [3.63, 3.8) is 0 Å². The molecular formula is C32H47N5O5. The zero-order valence-corrected chi connectivity index (χ0v) is 25.4. The number of amides is 1. The number of likely N-dealkylation sites (N-methyl/N-ethyl adjacent to an activating group) is 1. The lowest BCUT2D eigenvalue weighted by Gasteiger charge is -2.10. The van der Waals surface area contributed by atoms with Gasteiger partial charge < -0.3 is 35.3 Å². The molecule has 2 aromatic carbocycles. The largest absolute Gasteiger partial charge is 0.508 e. The summed E-state index contributed by atoms with van der Waals surface area (Å²) in [5.74, 6) is 2.43. The Hall–Kier alpha value is -4.02. The molecule has 0 aliphatic heterocycles. The van der Waals surface area contributed by atoms with Crippen LogP contribution in [0.2, 0.25) is 0 Å². The van der Waals surface area contributed by atoms with Gasteiger partial charge in [-0.3, -0.25) is 4.79 Å². The van der Waals surface area contributed by atoms with Gasteiger partial charge in [-0.05, 0) is 63.4 Å². The Kier molecular flexibility index (Phi) is 19.4. The molecule has 10 heteroatoms. The van der Waals surface area contributed by atoms with E-state index in [1.54, 1.807) is 43.5 Å². The molecule has 42 heavy (non-hydrogen) atoms. The average Bonchev–Trinajstić information content (AvgIpc) is 3.02. The predicted octanol–water partition coefficient (Wildman–Crippen LogP) is 5.65. The predicted molar refractivity (Wildman–Crippen MR) is 167 cm³/mol. The monoisotopic (exact) mass is 581 g/mol. The molecule has 1 aliphatic carbocycles. The van der Waals surface area contributed by atoms with Crippen molar-refractivity contribution in [3.8, 4) is 17.2 Å². The lowest BCUT2D eigenvalue weighted by atomic mass is 10.0. The fourth-order valence-electron chi connectivity index (χ4n) is 3.88. The van der Waals surface area contributed by atoms with Crippen molar-refractivity contribution in [2.24, 2.45) is 0 Å². The van der Waals surface area contributed by atoms with Crippen molar-refractivity contribution in [2.45, 2.75) is 58.9 Å². The van der Waals surface area contributed by atoms with Gasteiger partial charge >= 0.3 is 0 Å². The number of benzene rings is 2. The van der Waals surface area contributed by atoms with Crippen LogP contribution < -0.4 is 20.7 Å². The molecule has 1 aliphatic rings. The second kappa shape index (κ2) is 22.6. The molecule has 0 radical (unpaired) electrons. The Morgan fingerprint density at radius 2 is 1.60 bits per heavy atom. The molecule has 0 saturated heterocycles. The molecule has 1 fully saturated rings. The molecule has 4 N–H and O–H groups in total. The first-order valence-electron chi connectivity index (χ1n) is 14.3. The summed E-state index contributed by atoms with van der Waals surface area (Å²) in [6.07, 6.45) is 9.00. The normalized spacial score (nSPS) is 11.7. The third-order valence-electron chi connectivity index (χ3n) is 5.90. The van der Waals surface area contributed by atoms with Gasteiger partial charge in [0.1, 0.15) is 35.7 Å². The van der Waals surface area contributed by atoms with E-state index < -0.39 is 0 Å². The van der Waals surface area contributed by atoms with Crippen LogP contribution in [-0.2, 0) is 16.1 Å². The highest BCUT2D eigenvalue weighted by molar-refractivity contribution is 5.94. The van der Waals surface area contributed by atoms with E-state index in [-0.39, 0.29) is 11.7 Å². The summed E-state index contributed by atoms with van der Waals surface area (Å²) < 4.78 is 10.4. The van der Waals surface area contributed by atoms with E-state index in [2.05, 4.69) is 25.9 Å². The Morgan fingerprint density at radius 1 is 0.952 bits per heavy atom. The Morgan fingerprint density at radius 3 is 2.14 bits per heavy atom. The summed E-state index contributed by atoms with van der Waals surface area (Å²) in [7, 11) is 3.59. The van der Waals surface area contributed by atoms with E-state index in [0.29, 0.717) is 29.4 Å². The number of hydrogen-bond donors (Lipinski definition) is 4. The lowest BCUT2D eigenvalue weighted by Crippen LogP contribution is -2.23.